The van der Waals surface area contributed by atoms with E-state index in [0.29, 0.717) is 5.69 Å². The summed E-state index contributed by atoms with van der Waals surface area (Å²) in [5.74, 6) is 0.0817. The van der Waals surface area contributed by atoms with Crippen molar-refractivity contribution in [3.63, 3.8) is 0 Å². The summed E-state index contributed by atoms with van der Waals surface area (Å²) in [6.07, 6.45) is 6.54. The Bertz CT molecular complexity index is 832. The van der Waals surface area contributed by atoms with Crippen LogP contribution in [0.15, 0.2) is 36.5 Å². The molecule has 2 aliphatic rings. The lowest BCUT2D eigenvalue weighted by atomic mass is 10.1. The first-order chi connectivity index (χ1) is 14.1. The Morgan fingerprint density at radius 1 is 0.828 bits per heavy atom. The third-order valence-corrected chi connectivity index (χ3v) is 6.42. The fourth-order valence-corrected chi connectivity index (χ4v) is 4.42. The largest absolute Gasteiger partial charge is 0.368 e. The third kappa shape index (κ3) is 4.39. The molecule has 154 valence electrons. The molecule has 0 bridgehead atoms. The molecule has 3 heterocycles. The van der Waals surface area contributed by atoms with Gasteiger partial charge in [-0.15, -0.1) is 0 Å². The summed E-state index contributed by atoms with van der Waals surface area (Å²) in [7, 11) is 0. The molecular formula is C24H32N4O. The summed E-state index contributed by atoms with van der Waals surface area (Å²) in [6.45, 7) is 10.0. The molecule has 1 amide bonds. The SMILES string of the molecule is Cc1cccc(N2CCN(c3ccc(C(=O)N4CCCCCC4)nc3)CC2)c1C. The van der Waals surface area contributed by atoms with Crippen LogP contribution >= 0.6 is 0 Å². The van der Waals surface area contributed by atoms with Crippen molar-refractivity contribution in [2.75, 3.05) is 49.1 Å². The maximum Gasteiger partial charge on any atom is 0.272 e. The van der Waals surface area contributed by atoms with Gasteiger partial charge in [-0.2, -0.15) is 0 Å². The van der Waals surface area contributed by atoms with Crippen LogP contribution < -0.4 is 9.80 Å². The van der Waals surface area contributed by atoms with Crippen molar-refractivity contribution in [2.45, 2.75) is 39.5 Å². The van der Waals surface area contributed by atoms with E-state index in [2.05, 4.69) is 52.9 Å². The lowest BCUT2D eigenvalue weighted by Crippen LogP contribution is -2.46. The van der Waals surface area contributed by atoms with E-state index in [1.54, 1.807) is 0 Å². The van der Waals surface area contributed by atoms with E-state index in [1.807, 2.05) is 17.2 Å². The Balaban J connectivity index is 1.38. The fraction of sp³-hybridized carbons (Fsp3) is 0.500. The van der Waals surface area contributed by atoms with Crippen LogP contribution in [0.3, 0.4) is 0 Å². The number of hydrogen-bond donors (Lipinski definition) is 0. The van der Waals surface area contributed by atoms with Gasteiger partial charge in [0.05, 0.1) is 11.9 Å². The Morgan fingerprint density at radius 2 is 1.52 bits per heavy atom. The fourth-order valence-electron chi connectivity index (χ4n) is 4.42. The molecule has 1 aromatic carbocycles. The van der Waals surface area contributed by atoms with Crippen LogP contribution in [-0.4, -0.2) is 55.1 Å². The Hall–Kier alpha value is -2.56. The van der Waals surface area contributed by atoms with Crippen molar-refractivity contribution in [2.24, 2.45) is 0 Å². The quantitative estimate of drug-likeness (QED) is 0.790. The van der Waals surface area contributed by atoms with Crippen molar-refractivity contribution in [3.8, 4) is 0 Å². The third-order valence-electron chi connectivity index (χ3n) is 6.42. The number of pyridine rings is 1. The van der Waals surface area contributed by atoms with E-state index in [0.717, 1.165) is 57.8 Å². The number of amides is 1. The highest BCUT2D eigenvalue weighted by molar-refractivity contribution is 5.92. The van der Waals surface area contributed by atoms with E-state index in [9.17, 15) is 4.79 Å². The van der Waals surface area contributed by atoms with E-state index in [-0.39, 0.29) is 5.91 Å². The van der Waals surface area contributed by atoms with Crippen molar-refractivity contribution >= 4 is 17.3 Å². The number of anilines is 2. The van der Waals surface area contributed by atoms with Gasteiger partial charge in [0.25, 0.3) is 5.91 Å². The number of hydrogen-bond acceptors (Lipinski definition) is 4. The molecule has 0 N–H and O–H groups in total. The van der Waals surface area contributed by atoms with Gasteiger partial charge >= 0.3 is 0 Å². The number of aryl methyl sites for hydroxylation is 1. The summed E-state index contributed by atoms with van der Waals surface area (Å²) in [5, 5.41) is 0. The van der Waals surface area contributed by atoms with Crippen LogP contribution in [0.5, 0.6) is 0 Å². The standard InChI is InChI=1S/C24H32N4O/c1-19-8-7-9-23(20(19)2)27-16-14-26(15-17-27)21-10-11-22(25-18-21)24(29)28-12-5-3-4-6-13-28/h7-11,18H,3-6,12-17H2,1-2H3. The summed E-state index contributed by atoms with van der Waals surface area (Å²) < 4.78 is 0. The first kappa shape index (κ1) is 19.7. The van der Waals surface area contributed by atoms with Crippen molar-refractivity contribution in [1.82, 2.24) is 9.88 Å². The molecule has 0 spiro atoms. The summed E-state index contributed by atoms with van der Waals surface area (Å²) in [6, 6.07) is 10.5. The number of rotatable bonds is 3. The first-order valence-corrected chi connectivity index (χ1v) is 10.9. The van der Waals surface area contributed by atoms with Gasteiger partial charge in [-0.1, -0.05) is 25.0 Å². The molecular weight excluding hydrogens is 360 g/mol. The van der Waals surface area contributed by atoms with E-state index in [4.69, 9.17) is 0 Å². The van der Waals surface area contributed by atoms with Gasteiger partial charge in [0.1, 0.15) is 5.69 Å². The molecule has 0 saturated carbocycles. The van der Waals surface area contributed by atoms with Gasteiger partial charge in [0.2, 0.25) is 0 Å². The first-order valence-electron chi connectivity index (χ1n) is 10.9. The number of aromatic nitrogens is 1. The maximum absolute atomic E-state index is 12.7. The van der Waals surface area contributed by atoms with E-state index < -0.39 is 0 Å². The molecule has 0 radical (unpaired) electrons. The van der Waals surface area contributed by atoms with Gasteiger partial charge in [-0.25, -0.2) is 4.98 Å². The summed E-state index contributed by atoms with van der Waals surface area (Å²) >= 11 is 0. The number of nitrogens with zero attached hydrogens (tertiary/aromatic N) is 4. The molecule has 2 saturated heterocycles. The highest BCUT2D eigenvalue weighted by atomic mass is 16.2. The molecule has 0 atom stereocenters. The van der Waals surface area contributed by atoms with Crippen LogP contribution in [0.4, 0.5) is 11.4 Å². The lowest BCUT2D eigenvalue weighted by molar-refractivity contribution is 0.0756. The van der Waals surface area contributed by atoms with Crippen LogP contribution in [0.25, 0.3) is 0 Å². The van der Waals surface area contributed by atoms with E-state index in [1.165, 1.54) is 29.7 Å². The zero-order valence-corrected chi connectivity index (χ0v) is 17.7. The van der Waals surface area contributed by atoms with Gasteiger partial charge < -0.3 is 14.7 Å². The molecule has 0 aliphatic carbocycles. The smallest absolute Gasteiger partial charge is 0.272 e. The molecule has 0 unspecified atom stereocenters. The minimum atomic E-state index is 0.0817. The molecule has 2 aromatic rings. The Labute approximate surface area is 174 Å². The minimum absolute atomic E-state index is 0.0817. The number of benzene rings is 1. The van der Waals surface area contributed by atoms with Crippen molar-refractivity contribution in [1.29, 1.82) is 0 Å². The number of carbonyl (C=O) groups excluding carboxylic acids is 1. The highest BCUT2D eigenvalue weighted by Gasteiger charge is 2.21. The molecule has 2 aliphatic heterocycles. The van der Waals surface area contributed by atoms with Crippen LogP contribution in [0.1, 0.15) is 47.3 Å². The molecule has 29 heavy (non-hydrogen) atoms. The zero-order chi connectivity index (χ0) is 20.2. The zero-order valence-electron chi connectivity index (χ0n) is 17.7. The van der Waals surface area contributed by atoms with E-state index >= 15 is 0 Å². The van der Waals surface area contributed by atoms with Gasteiger partial charge in [0, 0.05) is 45.0 Å². The normalized spacial score (nSPS) is 17.9. The average Bonchev–Trinajstić information content (AvgIpc) is 3.05. The Morgan fingerprint density at radius 3 is 2.17 bits per heavy atom. The second-order valence-corrected chi connectivity index (χ2v) is 8.30. The highest BCUT2D eigenvalue weighted by Crippen LogP contribution is 2.25. The molecule has 1 aromatic heterocycles. The molecule has 5 heteroatoms. The number of piperazine rings is 1. The second-order valence-electron chi connectivity index (χ2n) is 8.30. The average molecular weight is 393 g/mol. The van der Waals surface area contributed by atoms with Crippen LogP contribution in [-0.2, 0) is 0 Å². The van der Waals surface area contributed by atoms with Crippen LogP contribution in [0, 0.1) is 13.8 Å². The molecule has 4 rings (SSSR count). The summed E-state index contributed by atoms with van der Waals surface area (Å²) in [4.78, 5) is 24.1. The number of carbonyl (C=O) groups is 1. The number of likely N-dealkylation sites (tertiary alicyclic amines) is 1. The lowest BCUT2D eigenvalue weighted by Gasteiger charge is -2.38. The van der Waals surface area contributed by atoms with Gasteiger partial charge in [0.15, 0.2) is 0 Å². The van der Waals surface area contributed by atoms with Crippen molar-refractivity contribution < 1.29 is 4.79 Å². The summed E-state index contributed by atoms with van der Waals surface area (Å²) in [5.41, 5.74) is 5.75. The van der Waals surface area contributed by atoms with Crippen LogP contribution in [0.2, 0.25) is 0 Å². The minimum Gasteiger partial charge on any atom is -0.368 e. The predicted molar refractivity (Wildman–Crippen MR) is 119 cm³/mol. The van der Waals surface area contributed by atoms with Gasteiger partial charge in [-0.3, -0.25) is 4.79 Å². The van der Waals surface area contributed by atoms with Gasteiger partial charge in [-0.05, 0) is 56.0 Å². The molecule has 5 nitrogen and oxygen atoms in total. The van der Waals surface area contributed by atoms with Crippen molar-refractivity contribution in [3.05, 3.63) is 53.3 Å². The second kappa shape index (κ2) is 8.85. The molecule has 2 fully saturated rings. The topological polar surface area (TPSA) is 39.7 Å². The maximum atomic E-state index is 12.7. The monoisotopic (exact) mass is 392 g/mol. The predicted octanol–water partition coefficient (Wildman–Crippen LogP) is 4.04. The Kier molecular flexibility index (Phi) is 6.02.